The van der Waals surface area contributed by atoms with Gasteiger partial charge in [-0.15, -0.1) is 0 Å². The smallest absolute Gasteiger partial charge is 0.257 e. The van der Waals surface area contributed by atoms with Crippen molar-refractivity contribution in [2.45, 2.75) is 6.61 Å². The van der Waals surface area contributed by atoms with Crippen molar-refractivity contribution in [2.75, 3.05) is 17.7 Å². The predicted octanol–water partition coefficient (Wildman–Crippen LogP) is 3.91. The van der Waals surface area contributed by atoms with Crippen LogP contribution >= 0.6 is 0 Å². The molecule has 2 amide bonds. The van der Waals surface area contributed by atoms with Crippen molar-refractivity contribution in [3.05, 3.63) is 96.3 Å². The van der Waals surface area contributed by atoms with Crippen molar-refractivity contribution in [3.63, 3.8) is 0 Å². The lowest BCUT2D eigenvalue weighted by molar-refractivity contribution is 0.101. The molecular formula is C25H23N5O4. The number of hydrogen-bond donors (Lipinski definition) is 2. The van der Waals surface area contributed by atoms with Crippen molar-refractivity contribution in [2.24, 2.45) is 7.05 Å². The van der Waals surface area contributed by atoms with Gasteiger partial charge < -0.3 is 24.7 Å². The second-order valence-electron chi connectivity index (χ2n) is 7.33. The topological polar surface area (TPSA) is 107 Å². The average molecular weight is 457 g/mol. The number of aromatic nitrogens is 3. The minimum atomic E-state index is -0.312. The summed E-state index contributed by atoms with van der Waals surface area (Å²) in [5.41, 5.74) is 1.89. The van der Waals surface area contributed by atoms with Gasteiger partial charge in [-0.1, -0.05) is 0 Å². The molecule has 0 fully saturated rings. The van der Waals surface area contributed by atoms with Gasteiger partial charge in [0.25, 0.3) is 11.8 Å². The number of amides is 2. The Labute approximate surface area is 196 Å². The number of nitrogens with one attached hydrogen (secondary N) is 2. The van der Waals surface area contributed by atoms with Gasteiger partial charge in [-0.25, -0.2) is 4.98 Å². The number of ether oxygens (including phenoxy) is 2. The van der Waals surface area contributed by atoms with Crippen LogP contribution in [0.2, 0.25) is 0 Å². The molecule has 34 heavy (non-hydrogen) atoms. The number of hydrogen-bond acceptors (Lipinski definition) is 6. The monoisotopic (exact) mass is 457 g/mol. The summed E-state index contributed by atoms with van der Waals surface area (Å²) in [5.74, 6) is 1.25. The Balaban J connectivity index is 1.38. The van der Waals surface area contributed by atoms with E-state index in [1.165, 1.54) is 13.3 Å². The van der Waals surface area contributed by atoms with Crippen LogP contribution in [-0.2, 0) is 13.7 Å². The maximum atomic E-state index is 12.7. The van der Waals surface area contributed by atoms with Crippen LogP contribution in [0.5, 0.6) is 11.5 Å². The molecule has 0 aliphatic heterocycles. The number of aryl methyl sites for hydroxylation is 1. The Kier molecular flexibility index (Phi) is 6.83. The van der Waals surface area contributed by atoms with Crippen LogP contribution < -0.4 is 20.1 Å². The molecule has 9 nitrogen and oxygen atoms in total. The molecule has 9 heteroatoms. The summed E-state index contributed by atoms with van der Waals surface area (Å²) in [4.78, 5) is 33.2. The average Bonchev–Trinajstić information content (AvgIpc) is 3.29. The van der Waals surface area contributed by atoms with E-state index in [0.29, 0.717) is 40.6 Å². The van der Waals surface area contributed by atoms with Crippen LogP contribution in [0.25, 0.3) is 0 Å². The molecule has 0 aliphatic carbocycles. The summed E-state index contributed by atoms with van der Waals surface area (Å²) < 4.78 is 13.0. The molecule has 0 bridgehead atoms. The SMILES string of the molecule is COc1cc(NC(=O)c2ccc(OCc3nccn3C)cc2)ccc1NC(=O)c1cccnc1. The van der Waals surface area contributed by atoms with Crippen LogP contribution in [-0.4, -0.2) is 33.5 Å². The lowest BCUT2D eigenvalue weighted by atomic mass is 10.2. The number of benzene rings is 2. The first-order chi connectivity index (χ1) is 16.5. The fraction of sp³-hybridized carbons (Fsp3) is 0.120. The number of anilines is 2. The van der Waals surface area contributed by atoms with Crippen molar-refractivity contribution < 1.29 is 19.1 Å². The number of methoxy groups -OCH3 is 1. The highest BCUT2D eigenvalue weighted by molar-refractivity contribution is 6.06. The molecule has 0 saturated carbocycles. The van der Waals surface area contributed by atoms with E-state index in [1.54, 1.807) is 67.0 Å². The molecule has 0 unspecified atom stereocenters. The molecular weight excluding hydrogens is 434 g/mol. The van der Waals surface area contributed by atoms with Gasteiger partial charge in [0.15, 0.2) is 0 Å². The van der Waals surface area contributed by atoms with Crippen LogP contribution in [0.3, 0.4) is 0 Å². The summed E-state index contributed by atoms with van der Waals surface area (Å²) >= 11 is 0. The summed E-state index contributed by atoms with van der Waals surface area (Å²) in [5, 5.41) is 5.62. The Bertz CT molecular complexity index is 1290. The van der Waals surface area contributed by atoms with E-state index >= 15 is 0 Å². The normalized spacial score (nSPS) is 10.4. The highest BCUT2D eigenvalue weighted by Crippen LogP contribution is 2.29. The first-order valence-corrected chi connectivity index (χ1v) is 10.4. The van der Waals surface area contributed by atoms with Crippen LogP contribution in [0.1, 0.15) is 26.5 Å². The Morgan fingerprint density at radius 3 is 2.44 bits per heavy atom. The fourth-order valence-electron chi connectivity index (χ4n) is 3.15. The number of pyridine rings is 1. The molecule has 0 atom stereocenters. The van der Waals surface area contributed by atoms with Crippen LogP contribution in [0.15, 0.2) is 79.4 Å². The predicted molar refractivity (Wildman–Crippen MR) is 127 cm³/mol. The van der Waals surface area contributed by atoms with E-state index in [4.69, 9.17) is 9.47 Å². The number of nitrogens with zero attached hydrogens (tertiary/aromatic N) is 3. The third kappa shape index (κ3) is 5.39. The molecule has 0 spiro atoms. The van der Waals surface area contributed by atoms with Gasteiger partial charge in [0.2, 0.25) is 0 Å². The van der Waals surface area contributed by atoms with Gasteiger partial charge in [0.05, 0.1) is 18.4 Å². The lowest BCUT2D eigenvalue weighted by Gasteiger charge is -2.13. The molecule has 0 aliphatic rings. The van der Waals surface area contributed by atoms with Gasteiger partial charge >= 0.3 is 0 Å². The van der Waals surface area contributed by atoms with Gasteiger partial charge in [0, 0.05) is 49.2 Å². The lowest BCUT2D eigenvalue weighted by Crippen LogP contribution is -2.14. The number of rotatable bonds is 8. The summed E-state index contributed by atoms with van der Waals surface area (Å²) in [6.45, 7) is 0.332. The van der Waals surface area contributed by atoms with Crippen molar-refractivity contribution in [1.82, 2.24) is 14.5 Å². The second-order valence-corrected chi connectivity index (χ2v) is 7.33. The van der Waals surface area contributed by atoms with E-state index in [-0.39, 0.29) is 11.8 Å². The molecule has 4 rings (SSSR count). The summed E-state index contributed by atoms with van der Waals surface area (Å²) in [7, 11) is 3.39. The van der Waals surface area contributed by atoms with E-state index in [1.807, 2.05) is 17.8 Å². The Morgan fingerprint density at radius 1 is 0.971 bits per heavy atom. The molecule has 2 aromatic heterocycles. The molecule has 4 aromatic rings. The maximum absolute atomic E-state index is 12.7. The molecule has 0 saturated heterocycles. The van der Waals surface area contributed by atoms with Crippen molar-refractivity contribution in [1.29, 1.82) is 0 Å². The van der Waals surface area contributed by atoms with Gasteiger partial charge in [-0.05, 0) is 48.5 Å². The molecule has 172 valence electrons. The second kappa shape index (κ2) is 10.3. The first-order valence-electron chi connectivity index (χ1n) is 10.4. The highest BCUT2D eigenvalue weighted by atomic mass is 16.5. The van der Waals surface area contributed by atoms with E-state index in [2.05, 4.69) is 20.6 Å². The van der Waals surface area contributed by atoms with Crippen LogP contribution in [0, 0.1) is 0 Å². The Hall–Kier alpha value is -4.66. The van der Waals surface area contributed by atoms with Gasteiger partial charge in [0.1, 0.15) is 23.9 Å². The summed E-state index contributed by atoms with van der Waals surface area (Å²) in [6.07, 6.45) is 6.63. The first kappa shape index (κ1) is 22.5. The van der Waals surface area contributed by atoms with Crippen molar-refractivity contribution >= 4 is 23.2 Å². The quantitative estimate of drug-likeness (QED) is 0.415. The third-order valence-corrected chi connectivity index (χ3v) is 5.04. The van der Waals surface area contributed by atoms with Crippen LogP contribution in [0.4, 0.5) is 11.4 Å². The minimum absolute atomic E-state index is 0.287. The molecule has 0 radical (unpaired) electrons. The zero-order valence-electron chi connectivity index (χ0n) is 18.7. The largest absolute Gasteiger partial charge is 0.494 e. The highest BCUT2D eigenvalue weighted by Gasteiger charge is 2.13. The zero-order chi connectivity index (χ0) is 23.9. The van der Waals surface area contributed by atoms with Crippen molar-refractivity contribution in [3.8, 4) is 11.5 Å². The molecule has 2 heterocycles. The fourth-order valence-corrected chi connectivity index (χ4v) is 3.15. The molecule has 2 aromatic carbocycles. The minimum Gasteiger partial charge on any atom is -0.494 e. The van der Waals surface area contributed by atoms with E-state index in [9.17, 15) is 9.59 Å². The third-order valence-electron chi connectivity index (χ3n) is 5.04. The Morgan fingerprint density at radius 2 is 1.76 bits per heavy atom. The van der Waals surface area contributed by atoms with Gasteiger partial charge in [-0.2, -0.15) is 0 Å². The summed E-state index contributed by atoms with van der Waals surface area (Å²) in [6, 6.07) is 15.2. The number of carbonyl (C=O) groups is 2. The molecule has 2 N–H and O–H groups in total. The van der Waals surface area contributed by atoms with E-state index in [0.717, 1.165) is 5.82 Å². The van der Waals surface area contributed by atoms with E-state index < -0.39 is 0 Å². The maximum Gasteiger partial charge on any atom is 0.257 e. The van der Waals surface area contributed by atoms with Gasteiger partial charge in [-0.3, -0.25) is 14.6 Å². The number of imidazole rings is 1. The number of carbonyl (C=O) groups excluding carboxylic acids is 2. The standard InChI is InChI=1S/C25H23N5O4/c1-30-13-12-27-23(30)16-34-20-8-5-17(6-9-20)24(31)28-19-7-10-21(22(14-19)33-2)29-25(32)18-4-3-11-26-15-18/h3-15H,16H2,1-2H3,(H,28,31)(H,29,32). The zero-order valence-corrected chi connectivity index (χ0v) is 18.7.